The van der Waals surface area contributed by atoms with E-state index in [2.05, 4.69) is 38.7 Å². The lowest BCUT2D eigenvalue weighted by atomic mass is 9.85. The molecule has 0 fully saturated rings. The van der Waals surface area contributed by atoms with Crippen LogP contribution in [-0.2, 0) is 9.53 Å². The molecule has 0 saturated heterocycles. The van der Waals surface area contributed by atoms with Crippen molar-refractivity contribution in [2.75, 3.05) is 6.61 Å². The first-order chi connectivity index (χ1) is 10.5. The molecule has 1 aliphatic rings. The molecule has 0 bridgehead atoms. The Balaban J connectivity index is 2.51. The van der Waals surface area contributed by atoms with Crippen molar-refractivity contribution in [1.29, 1.82) is 0 Å². The Kier molecular flexibility index (Phi) is 7.65. The molecule has 2 unspecified atom stereocenters. The maximum absolute atomic E-state index is 11.6. The van der Waals surface area contributed by atoms with Gasteiger partial charge in [0.2, 0.25) is 0 Å². The number of hydrogen-bond donors (Lipinski definition) is 0. The minimum absolute atomic E-state index is 0.130. The molecule has 0 amide bonds. The fourth-order valence-electron chi connectivity index (χ4n) is 2.49. The maximum Gasteiger partial charge on any atom is 0.162 e. The second kappa shape index (κ2) is 9.24. The summed E-state index contributed by atoms with van der Waals surface area (Å²) in [7, 11) is 0. The van der Waals surface area contributed by atoms with E-state index < -0.39 is 0 Å². The highest BCUT2D eigenvalue weighted by Crippen LogP contribution is 2.26. The molecule has 2 atom stereocenters. The zero-order valence-corrected chi connectivity index (χ0v) is 14.3. The summed E-state index contributed by atoms with van der Waals surface area (Å²) in [4.78, 5) is 11.6. The van der Waals surface area contributed by atoms with E-state index in [1.807, 2.05) is 26.0 Å². The van der Waals surface area contributed by atoms with Gasteiger partial charge in [-0.05, 0) is 32.3 Å². The van der Waals surface area contributed by atoms with Crippen LogP contribution in [0.25, 0.3) is 0 Å². The topological polar surface area (TPSA) is 26.3 Å². The lowest BCUT2D eigenvalue weighted by Crippen LogP contribution is -2.19. The molecule has 0 N–H and O–H groups in total. The average Bonchev–Trinajstić information content (AvgIpc) is 2.50. The van der Waals surface area contributed by atoms with Crippen molar-refractivity contribution in [2.24, 2.45) is 11.8 Å². The highest BCUT2D eigenvalue weighted by atomic mass is 16.5. The monoisotopic (exact) mass is 300 g/mol. The Morgan fingerprint density at radius 3 is 2.73 bits per heavy atom. The molecule has 0 aromatic carbocycles. The van der Waals surface area contributed by atoms with E-state index in [0.717, 1.165) is 5.76 Å². The highest BCUT2D eigenvalue weighted by Gasteiger charge is 2.19. The van der Waals surface area contributed by atoms with E-state index in [4.69, 9.17) is 4.74 Å². The number of carbonyl (C=O) groups excluding carboxylic acids is 1. The van der Waals surface area contributed by atoms with Gasteiger partial charge in [-0.3, -0.25) is 4.79 Å². The van der Waals surface area contributed by atoms with Crippen molar-refractivity contribution in [3.63, 3.8) is 0 Å². The molecule has 120 valence electrons. The Bertz CT molecular complexity index is 518. The number of rotatable bonds is 8. The van der Waals surface area contributed by atoms with Gasteiger partial charge in [0.05, 0.1) is 12.4 Å². The van der Waals surface area contributed by atoms with Crippen LogP contribution < -0.4 is 0 Å². The second-order valence-electron chi connectivity index (χ2n) is 5.76. The van der Waals surface area contributed by atoms with E-state index in [1.165, 1.54) is 5.57 Å². The fraction of sp³-hybridized carbons (Fsp3) is 0.450. The van der Waals surface area contributed by atoms with E-state index >= 15 is 0 Å². The molecule has 0 heterocycles. The third-order valence-corrected chi connectivity index (χ3v) is 4.09. The third-order valence-electron chi connectivity index (χ3n) is 4.09. The molecule has 0 aliphatic heterocycles. The van der Waals surface area contributed by atoms with E-state index in [0.29, 0.717) is 36.9 Å². The molecule has 0 aromatic rings. The normalized spacial score (nSPS) is 22.3. The summed E-state index contributed by atoms with van der Waals surface area (Å²) in [5.41, 5.74) is 2.06. The van der Waals surface area contributed by atoms with Gasteiger partial charge in [-0.2, -0.15) is 0 Å². The van der Waals surface area contributed by atoms with Crippen LogP contribution in [0.3, 0.4) is 0 Å². The summed E-state index contributed by atoms with van der Waals surface area (Å²) in [5, 5.41) is 0. The Labute approximate surface area is 134 Å². The molecule has 1 aliphatic carbocycles. The van der Waals surface area contributed by atoms with Gasteiger partial charge >= 0.3 is 0 Å². The van der Waals surface area contributed by atoms with Crippen molar-refractivity contribution in [2.45, 2.75) is 40.5 Å². The molecule has 2 nitrogen and oxygen atoms in total. The molecule has 0 saturated carbocycles. The number of hydrogen-bond acceptors (Lipinski definition) is 2. The summed E-state index contributed by atoms with van der Waals surface area (Å²) in [6.45, 7) is 12.6. The molecule has 2 heteroatoms. The predicted molar refractivity (Wildman–Crippen MR) is 93.5 cm³/mol. The van der Waals surface area contributed by atoms with Crippen molar-refractivity contribution in [1.82, 2.24) is 0 Å². The minimum Gasteiger partial charge on any atom is -0.498 e. The highest BCUT2D eigenvalue weighted by molar-refractivity contribution is 5.97. The Hall–Kier alpha value is -1.83. The van der Waals surface area contributed by atoms with Crippen LogP contribution in [0, 0.1) is 11.8 Å². The van der Waals surface area contributed by atoms with Crippen molar-refractivity contribution in [3.8, 4) is 0 Å². The standard InChI is InChI=1S/C20H28O2/c1-6-18(20(21)7-2)13-9-12-17(5)22-14-19-15(3)10-8-11-16(19)4/h6,8,10-13,15,19H,1,7,9,14H2,2-5H3/b17-12+,18-13?. The molecule has 0 radical (unpaired) electrons. The zero-order chi connectivity index (χ0) is 16.5. The number of allylic oxidation sites excluding steroid dienone is 8. The first-order valence-electron chi connectivity index (χ1n) is 7.99. The van der Waals surface area contributed by atoms with Gasteiger partial charge in [-0.25, -0.2) is 0 Å². The zero-order valence-electron chi connectivity index (χ0n) is 14.3. The molecular formula is C20H28O2. The number of ketones is 1. The van der Waals surface area contributed by atoms with Gasteiger partial charge < -0.3 is 4.74 Å². The summed E-state index contributed by atoms with van der Waals surface area (Å²) in [6, 6.07) is 0. The summed E-state index contributed by atoms with van der Waals surface area (Å²) in [5.74, 6) is 1.98. The van der Waals surface area contributed by atoms with Crippen LogP contribution in [0.2, 0.25) is 0 Å². The quantitative estimate of drug-likeness (QED) is 0.352. The first-order valence-corrected chi connectivity index (χ1v) is 7.99. The number of ether oxygens (including phenoxy) is 1. The fourth-order valence-corrected chi connectivity index (χ4v) is 2.49. The van der Waals surface area contributed by atoms with Crippen molar-refractivity contribution in [3.05, 3.63) is 59.9 Å². The van der Waals surface area contributed by atoms with Gasteiger partial charge in [-0.15, -0.1) is 0 Å². The lowest BCUT2D eigenvalue weighted by molar-refractivity contribution is -0.115. The second-order valence-corrected chi connectivity index (χ2v) is 5.76. The molecular weight excluding hydrogens is 272 g/mol. The number of Topliss-reactive ketones (excluding diaryl/α,β-unsaturated/α-hetero) is 1. The van der Waals surface area contributed by atoms with Crippen LogP contribution in [0.15, 0.2) is 59.9 Å². The van der Waals surface area contributed by atoms with Gasteiger partial charge in [-0.1, -0.05) is 56.4 Å². The maximum atomic E-state index is 11.6. The minimum atomic E-state index is 0.130. The van der Waals surface area contributed by atoms with Crippen molar-refractivity contribution < 1.29 is 9.53 Å². The van der Waals surface area contributed by atoms with E-state index in [-0.39, 0.29) is 5.78 Å². The van der Waals surface area contributed by atoms with Gasteiger partial charge in [0.15, 0.2) is 5.78 Å². The van der Waals surface area contributed by atoms with E-state index in [1.54, 1.807) is 6.08 Å². The SMILES string of the molecule is C=CC(=CC/C=C(\C)OCC1C(C)=CC=CC1C)C(=O)CC. The van der Waals surface area contributed by atoms with Crippen LogP contribution in [0.4, 0.5) is 0 Å². The van der Waals surface area contributed by atoms with Gasteiger partial charge in [0, 0.05) is 17.9 Å². The summed E-state index contributed by atoms with van der Waals surface area (Å²) < 4.78 is 5.87. The molecule has 22 heavy (non-hydrogen) atoms. The molecule has 0 spiro atoms. The largest absolute Gasteiger partial charge is 0.498 e. The first kappa shape index (κ1) is 18.2. The molecule has 0 aromatic heterocycles. The smallest absolute Gasteiger partial charge is 0.162 e. The summed E-state index contributed by atoms with van der Waals surface area (Å²) in [6.07, 6.45) is 13.2. The third kappa shape index (κ3) is 5.51. The Morgan fingerprint density at radius 1 is 1.41 bits per heavy atom. The van der Waals surface area contributed by atoms with Crippen LogP contribution in [-0.4, -0.2) is 12.4 Å². The van der Waals surface area contributed by atoms with Crippen molar-refractivity contribution >= 4 is 5.78 Å². The lowest BCUT2D eigenvalue weighted by Gasteiger charge is -2.25. The van der Waals surface area contributed by atoms with Gasteiger partial charge in [0.25, 0.3) is 0 Å². The van der Waals surface area contributed by atoms with E-state index in [9.17, 15) is 4.79 Å². The average molecular weight is 300 g/mol. The van der Waals surface area contributed by atoms with Crippen LogP contribution in [0.5, 0.6) is 0 Å². The van der Waals surface area contributed by atoms with Crippen LogP contribution >= 0.6 is 0 Å². The van der Waals surface area contributed by atoms with Crippen LogP contribution in [0.1, 0.15) is 40.5 Å². The predicted octanol–water partition coefficient (Wildman–Crippen LogP) is 5.16. The number of carbonyl (C=O) groups is 1. The Morgan fingerprint density at radius 2 is 2.14 bits per heavy atom. The molecule has 1 rings (SSSR count). The van der Waals surface area contributed by atoms with Gasteiger partial charge in [0.1, 0.15) is 0 Å². The summed E-state index contributed by atoms with van der Waals surface area (Å²) >= 11 is 0.